The van der Waals surface area contributed by atoms with Crippen molar-refractivity contribution in [3.63, 3.8) is 0 Å². The smallest absolute Gasteiger partial charge is 0.154 e. The van der Waals surface area contributed by atoms with Gasteiger partial charge >= 0.3 is 0 Å². The van der Waals surface area contributed by atoms with Gasteiger partial charge in [0.2, 0.25) is 0 Å². The van der Waals surface area contributed by atoms with Crippen molar-refractivity contribution in [1.29, 1.82) is 0 Å². The van der Waals surface area contributed by atoms with Crippen molar-refractivity contribution in [2.45, 2.75) is 19.1 Å². The third kappa shape index (κ3) is 4.71. The highest BCUT2D eigenvalue weighted by atomic mass is 32.2. The summed E-state index contributed by atoms with van der Waals surface area (Å²) in [6.45, 7) is 1.99. The molecule has 0 saturated carbocycles. The molecule has 0 aliphatic rings. The molecule has 0 atom stereocenters. The Balaban J connectivity index is 2.65. The van der Waals surface area contributed by atoms with E-state index in [-0.39, 0.29) is 11.5 Å². The van der Waals surface area contributed by atoms with Crippen molar-refractivity contribution in [3.05, 3.63) is 35.4 Å². The Morgan fingerprint density at radius 3 is 2.33 bits per heavy atom. The number of hydrogen-bond donors (Lipinski definition) is 1. The summed E-state index contributed by atoms with van der Waals surface area (Å²) in [4.78, 5) is 0. The molecular weight excluding hydrogens is 228 g/mol. The van der Waals surface area contributed by atoms with Crippen LogP contribution in [0.25, 0.3) is 0 Å². The largest absolute Gasteiger partial charge is 0.228 e. The van der Waals surface area contributed by atoms with Crippen molar-refractivity contribution in [1.82, 2.24) is 0 Å². The monoisotopic (exact) mass is 244 g/mol. The molecule has 0 aliphatic heterocycles. The Bertz CT molecular complexity index is 393. The molecule has 0 aromatic heterocycles. The molecular formula is C11H16O2S2. The van der Waals surface area contributed by atoms with Gasteiger partial charge in [-0.2, -0.15) is 12.6 Å². The van der Waals surface area contributed by atoms with Gasteiger partial charge in [-0.25, -0.2) is 8.42 Å². The van der Waals surface area contributed by atoms with Crippen molar-refractivity contribution >= 4 is 22.5 Å². The van der Waals surface area contributed by atoms with Crippen LogP contribution in [0.2, 0.25) is 0 Å². The molecule has 0 saturated heterocycles. The van der Waals surface area contributed by atoms with E-state index in [1.54, 1.807) is 0 Å². The molecule has 0 unspecified atom stereocenters. The van der Waals surface area contributed by atoms with Gasteiger partial charge in [0.25, 0.3) is 0 Å². The van der Waals surface area contributed by atoms with E-state index in [0.29, 0.717) is 12.2 Å². The van der Waals surface area contributed by atoms with Gasteiger partial charge in [-0.3, -0.25) is 0 Å². The van der Waals surface area contributed by atoms with E-state index < -0.39 is 9.84 Å². The van der Waals surface area contributed by atoms with Crippen molar-refractivity contribution in [2.24, 2.45) is 0 Å². The zero-order chi connectivity index (χ0) is 11.3. The molecule has 2 nitrogen and oxygen atoms in total. The molecule has 1 aromatic carbocycles. The summed E-state index contributed by atoms with van der Waals surface area (Å²) in [5.41, 5.74) is 2.01. The lowest BCUT2D eigenvalue weighted by atomic mass is 10.2. The molecule has 4 heteroatoms. The summed E-state index contributed by atoms with van der Waals surface area (Å²) in [6.07, 6.45) is 0.622. The first-order valence-electron chi connectivity index (χ1n) is 4.90. The van der Waals surface area contributed by atoms with Crippen LogP contribution in [0, 0.1) is 6.92 Å². The lowest BCUT2D eigenvalue weighted by molar-refractivity contribution is 0.594. The zero-order valence-corrected chi connectivity index (χ0v) is 10.5. The SMILES string of the molecule is Cc1ccc(CS(=O)(=O)CCCS)cc1. The topological polar surface area (TPSA) is 34.1 Å². The first-order chi connectivity index (χ1) is 7.03. The second-order valence-electron chi connectivity index (χ2n) is 3.65. The second kappa shape index (κ2) is 5.56. The van der Waals surface area contributed by atoms with Crippen molar-refractivity contribution < 1.29 is 8.42 Å². The Labute approximate surface area is 97.0 Å². The maximum absolute atomic E-state index is 11.6. The van der Waals surface area contributed by atoms with Crippen LogP contribution in [-0.2, 0) is 15.6 Å². The molecule has 84 valence electrons. The number of hydrogen-bond acceptors (Lipinski definition) is 3. The fourth-order valence-electron chi connectivity index (χ4n) is 1.29. The predicted molar refractivity (Wildman–Crippen MR) is 67.1 cm³/mol. The summed E-state index contributed by atoms with van der Waals surface area (Å²) in [6, 6.07) is 7.61. The molecule has 0 radical (unpaired) electrons. The lowest BCUT2D eigenvalue weighted by Crippen LogP contribution is -2.09. The number of sulfone groups is 1. The maximum atomic E-state index is 11.6. The summed E-state index contributed by atoms with van der Waals surface area (Å²) in [5, 5.41) is 0. The van der Waals surface area contributed by atoms with Gasteiger partial charge in [0.05, 0.1) is 11.5 Å². The van der Waals surface area contributed by atoms with Crippen LogP contribution >= 0.6 is 12.6 Å². The summed E-state index contributed by atoms with van der Waals surface area (Å²) < 4.78 is 23.2. The highest BCUT2D eigenvalue weighted by molar-refractivity contribution is 7.90. The Morgan fingerprint density at radius 1 is 1.20 bits per heavy atom. The van der Waals surface area contributed by atoms with Gasteiger partial charge in [0.1, 0.15) is 0 Å². The molecule has 1 rings (SSSR count). The Hall–Kier alpha value is -0.480. The first kappa shape index (κ1) is 12.6. The van der Waals surface area contributed by atoms with E-state index in [2.05, 4.69) is 12.6 Å². The highest BCUT2D eigenvalue weighted by Crippen LogP contribution is 2.09. The minimum absolute atomic E-state index is 0.140. The molecule has 0 amide bonds. The van der Waals surface area contributed by atoms with Crippen LogP contribution in [0.15, 0.2) is 24.3 Å². The summed E-state index contributed by atoms with van der Waals surface area (Å²) in [5.74, 6) is 0.985. The molecule has 15 heavy (non-hydrogen) atoms. The van der Waals surface area contributed by atoms with Crippen molar-refractivity contribution in [2.75, 3.05) is 11.5 Å². The van der Waals surface area contributed by atoms with E-state index in [0.717, 1.165) is 11.1 Å². The minimum atomic E-state index is -2.96. The van der Waals surface area contributed by atoms with Crippen LogP contribution < -0.4 is 0 Å². The zero-order valence-electron chi connectivity index (χ0n) is 8.81. The van der Waals surface area contributed by atoms with Gasteiger partial charge in [-0.15, -0.1) is 0 Å². The normalized spacial score (nSPS) is 11.6. The lowest BCUT2D eigenvalue weighted by Gasteiger charge is -2.03. The molecule has 0 fully saturated rings. The highest BCUT2D eigenvalue weighted by Gasteiger charge is 2.10. The number of thiol groups is 1. The van der Waals surface area contributed by atoms with Crippen LogP contribution in [0.3, 0.4) is 0 Å². The quantitative estimate of drug-likeness (QED) is 0.806. The van der Waals surface area contributed by atoms with E-state index in [1.165, 1.54) is 0 Å². The number of aryl methyl sites for hydroxylation is 1. The average molecular weight is 244 g/mol. The van der Waals surface area contributed by atoms with Gasteiger partial charge in [-0.05, 0) is 24.7 Å². The maximum Gasteiger partial charge on any atom is 0.154 e. The van der Waals surface area contributed by atoms with Crippen LogP contribution in [0.4, 0.5) is 0 Å². The molecule has 0 spiro atoms. The number of rotatable bonds is 5. The van der Waals surface area contributed by atoms with E-state index in [1.807, 2.05) is 31.2 Å². The van der Waals surface area contributed by atoms with Gasteiger partial charge in [0.15, 0.2) is 9.84 Å². The molecule has 0 N–H and O–H groups in total. The Morgan fingerprint density at radius 2 is 1.80 bits per heavy atom. The van der Waals surface area contributed by atoms with Gasteiger partial charge < -0.3 is 0 Å². The molecule has 0 bridgehead atoms. The molecule has 1 aromatic rings. The average Bonchev–Trinajstić information content (AvgIpc) is 2.18. The molecule has 0 heterocycles. The first-order valence-corrected chi connectivity index (χ1v) is 7.36. The van der Waals surface area contributed by atoms with E-state index >= 15 is 0 Å². The standard InChI is InChI=1S/C11H16O2S2/c1-10-3-5-11(6-4-10)9-15(12,13)8-2-7-14/h3-6,14H,2,7-9H2,1H3. The van der Waals surface area contributed by atoms with Gasteiger partial charge in [0, 0.05) is 0 Å². The summed E-state index contributed by atoms with van der Waals surface area (Å²) >= 11 is 4.01. The fourth-order valence-corrected chi connectivity index (χ4v) is 3.10. The fraction of sp³-hybridized carbons (Fsp3) is 0.455. The van der Waals surface area contributed by atoms with Crippen LogP contribution in [-0.4, -0.2) is 19.9 Å². The van der Waals surface area contributed by atoms with E-state index in [4.69, 9.17) is 0 Å². The van der Waals surface area contributed by atoms with Gasteiger partial charge in [-0.1, -0.05) is 29.8 Å². The third-order valence-electron chi connectivity index (χ3n) is 2.12. The van der Waals surface area contributed by atoms with Crippen molar-refractivity contribution in [3.8, 4) is 0 Å². The van der Waals surface area contributed by atoms with Crippen LogP contribution in [0.1, 0.15) is 17.5 Å². The Kier molecular flexibility index (Phi) is 4.67. The van der Waals surface area contributed by atoms with Crippen LogP contribution in [0.5, 0.6) is 0 Å². The molecule has 0 aliphatic carbocycles. The second-order valence-corrected chi connectivity index (χ2v) is 6.29. The van der Waals surface area contributed by atoms with E-state index in [9.17, 15) is 8.42 Å². The third-order valence-corrected chi connectivity index (χ3v) is 4.12. The summed E-state index contributed by atoms with van der Waals surface area (Å²) in [7, 11) is -2.96. The minimum Gasteiger partial charge on any atom is -0.228 e. The predicted octanol–water partition coefficient (Wildman–Crippen LogP) is 2.23. The number of benzene rings is 1.